The van der Waals surface area contributed by atoms with Crippen LogP contribution in [0.4, 0.5) is 11.8 Å². The van der Waals surface area contributed by atoms with Crippen molar-refractivity contribution in [3.63, 3.8) is 0 Å². The molecule has 1 aromatic heterocycles. The average molecular weight is 365 g/mol. The molecule has 2 saturated heterocycles. The number of nitrogens with zero attached hydrogens (tertiary/aromatic N) is 4. The van der Waals surface area contributed by atoms with E-state index in [0.29, 0.717) is 38.5 Å². The Hall–Kier alpha value is -1.97. The monoisotopic (exact) mass is 365 g/mol. The zero-order chi connectivity index (χ0) is 18.6. The number of carboxylic acid groups (broad SMARTS) is 1. The molecular formula is C17H27N5O4. The first kappa shape index (κ1) is 18.8. The number of likely N-dealkylation sites (tertiary alicyclic amines) is 1. The Bertz CT molecular complexity index is 631. The van der Waals surface area contributed by atoms with Crippen molar-refractivity contribution in [3.8, 4) is 0 Å². The van der Waals surface area contributed by atoms with E-state index in [0.717, 1.165) is 25.9 Å². The van der Waals surface area contributed by atoms with Gasteiger partial charge in [0.1, 0.15) is 11.2 Å². The zero-order valence-corrected chi connectivity index (χ0v) is 14.9. The van der Waals surface area contributed by atoms with Crippen LogP contribution in [0.15, 0.2) is 12.3 Å². The van der Waals surface area contributed by atoms with Gasteiger partial charge in [-0.1, -0.05) is 0 Å². The highest BCUT2D eigenvalue weighted by Crippen LogP contribution is 2.42. The Labute approximate surface area is 152 Å². The number of carboxylic acids is 1. The molecule has 26 heavy (non-hydrogen) atoms. The Balaban J connectivity index is 1.76. The lowest BCUT2D eigenvalue weighted by atomic mass is 9.69. The summed E-state index contributed by atoms with van der Waals surface area (Å²) in [7, 11) is 0. The summed E-state index contributed by atoms with van der Waals surface area (Å²) in [5, 5.41) is 18.9. The van der Waals surface area contributed by atoms with E-state index in [1.165, 1.54) is 0 Å². The third-order valence-corrected chi connectivity index (χ3v) is 5.46. The number of aromatic nitrogens is 2. The molecule has 0 spiro atoms. The van der Waals surface area contributed by atoms with Crippen LogP contribution in [0.2, 0.25) is 0 Å². The van der Waals surface area contributed by atoms with E-state index in [9.17, 15) is 9.90 Å². The number of hydrogen-bond donors (Lipinski definition) is 3. The number of piperidine rings is 2. The third kappa shape index (κ3) is 3.74. The summed E-state index contributed by atoms with van der Waals surface area (Å²) in [4.78, 5) is 24.7. The summed E-state index contributed by atoms with van der Waals surface area (Å²) >= 11 is 0. The smallest absolute Gasteiger partial charge is 0.313 e. The summed E-state index contributed by atoms with van der Waals surface area (Å²) in [6.07, 6.45) is 3.83. The number of anilines is 2. The summed E-state index contributed by atoms with van der Waals surface area (Å²) in [6.45, 7) is 3.51. The number of ether oxygens (including phenoxy) is 1. The minimum atomic E-state index is -0.826. The summed E-state index contributed by atoms with van der Waals surface area (Å²) in [5.74, 6) is 0.121. The van der Waals surface area contributed by atoms with Gasteiger partial charge in [-0.15, -0.1) is 0 Å². The van der Waals surface area contributed by atoms with E-state index in [2.05, 4.69) is 14.9 Å². The Morgan fingerprint density at radius 3 is 3.00 bits per heavy atom. The normalized spacial score (nSPS) is 26.5. The van der Waals surface area contributed by atoms with Crippen LogP contribution in [0.5, 0.6) is 0 Å². The lowest BCUT2D eigenvalue weighted by molar-refractivity contribution is -0.158. The molecule has 0 aliphatic carbocycles. The molecule has 0 unspecified atom stereocenters. The van der Waals surface area contributed by atoms with Crippen molar-refractivity contribution in [2.75, 3.05) is 56.6 Å². The summed E-state index contributed by atoms with van der Waals surface area (Å²) < 4.78 is 5.38. The Morgan fingerprint density at radius 1 is 1.42 bits per heavy atom. The highest BCUT2D eigenvalue weighted by Gasteiger charge is 2.53. The summed E-state index contributed by atoms with van der Waals surface area (Å²) in [6, 6.07) is 1.75. The van der Waals surface area contributed by atoms with Gasteiger partial charge in [-0.05, 0) is 31.9 Å². The van der Waals surface area contributed by atoms with E-state index in [1.807, 2.05) is 4.90 Å². The minimum Gasteiger partial charge on any atom is -0.481 e. The molecule has 9 nitrogen and oxygen atoms in total. The number of nitrogens with two attached hydrogens (primary N) is 1. The maximum absolute atomic E-state index is 12.3. The molecule has 0 radical (unpaired) electrons. The first-order valence-electron chi connectivity index (χ1n) is 9.06. The largest absolute Gasteiger partial charge is 0.481 e. The van der Waals surface area contributed by atoms with E-state index >= 15 is 0 Å². The van der Waals surface area contributed by atoms with Crippen molar-refractivity contribution in [2.24, 2.45) is 5.41 Å². The van der Waals surface area contributed by atoms with Gasteiger partial charge < -0.3 is 25.6 Å². The van der Waals surface area contributed by atoms with Gasteiger partial charge in [0.2, 0.25) is 5.95 Å². The van der Waals surface area contributed by atoms with Crippen LogP contribution in [0.1, 0.15) is 19.3 Å². The molecule has 144 valence electrons. The molecule has 2 aliphatic rings. The molecule has 0 saturated carbocycles. The second kappa shape index (κ2) is 8.15. The van der Waals surface area contributed by atoms with Crippen molar-refractivity contribution < 1.29 is 19.7 Å². The van der Waals surface area contributed by atoms with E-state index in [1.54, 1.807) is 12.3 Å². The molecule has 9 heteroatoms. The maximum atomic E-state index is 12.3. The quantitative estimate of drug-likeness (QED) is 0.564. The Kier molecular flexibility index (Phi) is 5.90. The molecule has 0 aromatic carbocycles. The van der Waals surface area contributed by atoms with E-state index in [-0.39, 0.29) is 18.6 Å². The van der Waals surface area contributed by atoms with Gasteiger partial charge >= 0.3 is 5.97 Å². The topological polar surface area (TPSA) is 125 Å². The highest BCUT2D eigenvalue weighted by molar-refractivity contribution is 5.77. The van der Waals surface area contributed by atoms with E-state index < -0.39 is 11.4 Å². The number of nitrogen functional groups attached to an aromatic ring is 1. The molecule has 2 aliphatic heterocycles. The Morgan fingerprint density at radius 2 is 2.27 bits per heavy atom. The fourth-order valence-corrected chi connectivity index (χ4v) is 4.28. The molecule has 4 N–H and O–H groups in total. The van der Waals surface area contributed by atoms with Crippen LogP contribution in [0, 0.1) is 5.41 Å². The molecule has 2 atom stereocenters. The van der Waals surface area contributed by atoms with Crippen molar-refractivity contribution in [1.29, 1.82) is 0 Å². The van der Waals surface area contributed by atoms with Gasteiger partial charge in [-0.25, -0.2) is 4.98 Å². The second-order valence-corrected chi connectivity index (χ2v) is 6.94. The van der Waals surface area contributed by atoms with Crippen molar-refractivity contribution in [3.05, 3.63) is 12.3 Å². The van der Waals surface area contributed by atoms with Gasteiger partial charge in [-0.3, -0.25) is 9.69 Å². The zero-order valence-electron chi connectivity index (χ0n) is 14.9. The predicted octanol–water partition coefficient (Wildman–Crippen LogP) is -0.187. The number of fused-ring (bicyclic) bond motifs is 1. The second-order valence-electron chi connectivity index (χ2n) is 6.94. The van der Waals surface area contributed by atoms with Gasteiger partial charge in [-0.2, -0.15) is 4.98 Å². The molecule has 0 amide bonds. The molecule has 1 aromatic rings. The highest BCUT2D eigenvalue weighted by atomic mass is 16.5. The molecule has 3 heterocycles. The van der Waals surface area contributed by atoms with Crippen LogP contribution in [0.3, 0.4) is 0 Å². The van der Waals surface area contributed by atoms with Gasteiger partial charge in [0, 0.05) is 31.9 Å². The van der Waals surface area contributed by atoms with Crippen LogP contribution in [-0.4, -0.2) is 83.1 Å². The molecule has 2 fully saturated rings. The van der Waals surface area contributed by atoms with Crippen molar-refractivity contribution in [1.82, 2.24) is 14.9 Å². The number of hydrogen-bond acceptors (Lipinski definition) is 8. The summed E-state index contributed by atoms with van der Waals surface area (Å²) in [5.41, 5.74) is 4.86. The number of carbonyl (C=O) groups is 1. The van der Waals surface area contributed by atoms with Gasteiger partial charge in [0.25, 0.3) is 0 Å². The van der Waals surface area contributed by atoms with Gasteiger partial charge in [0.15, 0.2) is 0 Å². The number of aliphatic hydroxyl groups is 1. The minimum absolute atomic E-state index is 0.000480. The van der Waals surface area contributed by atoms with Gasteiger partial charge in [0.05, 0.1) is 19.8 Å². The number of aliphatic hydroxyl groups excluding tert-OH is 1. The molecule has 3 rings (SSSR count). The van der Waals surface area contributed by atoms with Crippen LogP contribution >= 0.6 is 0 Å². The molecular weight excluding hydrogens is 338 g/mol. The van der Waals surface area contributed by atoms with E-state index in [4.69, 9.17) is 15.6 Å². The lowest BCUT2D eigenvalue weighted by Gasteiger charge is -2.53. The van der Waals surface area contributed by atoms with Crippen LogP contribution < -0.4 is 10.6 Å². The van der Waals surface area contributed by atoms with Crippen LogP contribution in [-0.2, 0) is 9.53 Å². The predicted molar refractivity (Wildman–Crippen MR) is 95.8 cm³/mol. The van der Waals surface area contributed by atoms with Crippen molar-refractivity contribution in [2.45, 2.75) is 25.3 Å². The van der Waals surface area contributed by atoms with Crippen molar-refractivity contribution >= 4 is 17.7 Å². The number of aliphatic carboxylic acids is 1. The maximum Gasteiger partial charge on any atom is 0.313 e. The molecule has 0 bridgehead atoms. The fourth-order valence-electron chi connectivity index (χ4n) is 4.28. The fraction of sp³-hybridized carbons (Fsp3) is 0.706. The SMILES string of the molecule is Nc1nccc(N2CC[C@H]3N(CCOCCO)CCC[C@]3(C(=O)O)C2)n1. The third-order valence-electron chi connectivity index (χ3n) is 5.46. The lowest BCUT2D eigenvalue weighted by Crippen LogP contribution is -2.64. The number of rotatable bonds is 7. The van der Waals surface area contributed by atoms with Crippen LogP contribution in [0.25, 0.3) is 0 Å². The first-order valence-corrected chi connectivity index (χ1v) is 9.06. The first-order chi connectivity index (χ1) is 12.6. The average Bonchev–Trinajstić information content (AvgIpc) is 2.64. The standard InChI is InChI=1S/C17H27N5O4/c18-16-19-5-2-14(20-16)22-7-3-13-17(12-22,15(24)25)4-1-6-21(13)8-10-26-11-9-23/h2,5,13,23H,1,3-4,6-12H2,(H,24,25)(H2,18,19,20)/t13-,17+/m1/s1.